The quantitative estimate of drug-likeness (QED) is 0.642. The molecule has 0 N–H and O–H groups in total. The summed E-state index contributed by atoms with van der Waals surface area (Å²) in [6.45, 7) is 0.551. The van der Waals surface area contributed by atoms with Gasteiger partial charge in [0.05, 0.1) is 23.1 Å². The Morgan fingerprint density at radius 1 is 1.03 bits per heavy atom. The zero-order valence-corrected chi connectivity index (χ0v) is 18.5. The molecule has 4 rings (SSSR count). The third-order valence-corrected chi connectivity index (χ3v) is 6.47. The molecule has 162 valence electrons. The topological polar surface area (TPSA) is 64.2 Å². The fourth-order valence-corrected chi connectivity index (χ4v) is 4.55. The molecule has 0 radical (unpaired) electrons. The van der Waals surface area contributed by atoms with Crippen LogP contribution in [0.2, 0.25) is 10.0 Å². The lowest BCUT2D eigenvalue weighted by atomic mass is 9.98. The van der Waals surface area contributed by atoms with Crippen molar-refractivity contribution in [2.24, 2.45) is 0 Å². The van der Waals surface area contributed by atoms with Gasteiger partial charge in [-0.05, 0) is 23.3 Å². The highest BCUT2D eigenvalue weighted by Gasteiger charge is 2.48. The molecule has 3 amide bonds. The van der Waals surface area contributed by atoms with E-state index in [-0.39, 0.29) is 24.9 Å². The first-order chi connectivity index (χ1) is 14.9. The predicted molar refractivity (Wildman–Crippen MR) is 117 cm³/mol. The van der Waals surface area contributed by atoms with Crippen LogP contribution in [-0.2, 0) is 27.3 Å². The summed E-state index contributed by atoms with van der Waals surface area (Å²) in [5, 5.41) is 3.92. The maximum Gasteiger partial charge on any atom is 0.246 e. The molecular formula is C22H22Cl2N4O3. The van der Waals surface area contributed by atoms with Crippen molar-refractivity contribution >= 4 is 41.4 Å². The molecule has 0 spiro atoms. The van der Waals surface area contributed by atoms with E-state index in [9.17, 15) is 14.4 Å². The fraction of sp³-hybridized carbons (Fsp3) is 0.318. The summed E-state index contributed by atoms with van der Waals surface area (Å²) < 4.78 is 0. The van der Waals surface area contributed by atoms with Crippen LogP contribution in [0.25, 0.3) is 0 Å². The number of likely N-dealkylation sites (N-methyl/N-ethyl adjacent to an activating group) is 1. The van der Waals surface area contributed by atoms with Crippen LogP contribution in [0.5, 0.6) is 0 Å². The summed E-state index contributed by atoms with van der Waals surface area (Å²) in [7, 11) is 1.69. The molecule has 7 nitrogen and oxygen atoms in total. The smallest absolute Gasteiger partial charge is 0.246 e. The van der Waals surface area contributed by atoms with Crippen LogP contribution in [0.15, 0.2) is 48.5 Å². The average molecular weight is 461 g/mol. The van der Waals surface area contributed by atoms with Gasteiger partial charge in [0.2, 0.25) is 18.2 Å². The second-order valence-electron chi connectivity index (χ2n) is 7.76. The molecule has 2 aromatic carbocycles. The van der Waals surface area contributed by atoms with Crippen LogP contribution in [0, 0.1) is 0 Å². The van der Waals surface area contributed by atoms with E-state index in [4.69, 9.17) is 23.2 Å². The van der Waals surface area contributed by atoms with Crippen molar-refractivity contribution in [1.29, 1.82) is 0 Å². The Labute approximate surface area is 190 Å². The molecule has 2 heterocycles. The van der Waals surface area contributed by atoms with E-state index in [2.05, 4.69) is 0 Å². The van der Waals surface area contributed by atoms with Gasteiger partial charge >= 0.3 is 0 Å². The molecule has 1 unspecified atom stereocenters. The average Bonchev–Trinajstić information content (AvgIpc) is 2.74. The molecular weight excluding hydrogens is 439 g/mol. The number of halogens is 2. The molecule has 0 aliphatic carbocycles. The zero-order chi connectivity index (χ0) is 22.1. The predicted octanol–water partition coefficient (Wildman–Crippen LogP) is 2.42. The monoisotopic (exact) mass is 460 g/mol. The fourth-order valence-electron chi connectivity index (χ4n) is 4.22. The molecule has 0 saturated carbocycles. The van der Waals surface area contributed by atoms with Gasteiger partial charge in [-0.1, -0.05) is 59.6 Å². The Hall–Kier alpha value is -2.61. The number of hydrogen-bond acceptors (Lipinski definition) is 4. The Kier molecular flexibility index (Phi) is 6.18. The van der Waals surface area contributed by atoms with E-state index in [1.807, 2.05) is 36.4 Å². The van der Waals surface area contributed by atoms with Crippen LogP contribution in [0.4, 0.5) is 0 Å². The Morgan fingerprint density at radius 2 is 1.77 bits per heavy atom. The standard InChI is InChI=1S/C22H22Cl2N4O3/c1-25-13-21(30)28-19(10-15-5-3-2-4-6-15)22(31)26(12-20(28)27(25)14-29)11-16-7-8-17(23)18(24)9-16/h2-9,14,19-20H,10-13H2,1H3/t19-,20?/m0/s1. The molecule has 2 aromatic rings. The van der Waals surface area contributed by atoms with Gasteiger partial charge in [-0.3, -0.25) is 19.4 Å². The lowest BCUT2D eigenvalue weighted by molar-refractivity contribution is -0.196. The summed E-state index contributed by atoms with van der Waals surface area (Å²) in [4.78, 5) is 41.5. The van der Waals surface area contributed by atoms with E-state index in [1.165, 1.54) is 5.01 Å². The normalized spacial score (nSPS) is 22.0. The van der Waals surface area contributed by atoms with Gasteiger partial charge in [0.25, 0.3) is 0 Å². The van der Waals surface area contributed by atoms with E-state index >= 15 is 0 Å². The minimum Gasteiger partial charge on any atom is -0.333 e. The van der Waals surface area contributed by atoms with Crippen molar-refractivity contribution < 1.29 is 14.4 Å². The molecule has 2 atom stereocenters. The van der Waals surface area contributed by atoms with Gasteiger partial charge in [0.1, 0.15) is 12.2 Å². The van der Waals surface area contributed by atoms with Crippen LogP contribution >= 0.6 is 23.2 Å². The molecule has 2 fully saturated rings. The zero-order valence-electron chi connectivity index (χ0n) is 16.9. The minimum atomic E-state index is -0.701. The summed E-state index contributed by atoms with van der Waals surface area (Å²) in [6, 6.07) is 14.1. The number of fused-ring (bicyclic) bond motifs is 1. The van der Waals surface area contributed by atoms with E-state index in [1.54, 1.807) is 34.0 Å². The Bertz CT molecular complexity index is 1000. The first kappa shape index (κ1) is 21.6. The molecule has 2 aliphatic heterocycles. The Morgan fingerprint density at radius 3 is 2.45 bits per heavy atom. The number of benzene rings is 2. The highest BCUT2D eigenvalue weighted by Crippen LogP contribution is 2.29. The first-order valence-corrected chi connectivity index (χ1v) is 10.7. The van der Waals surface area contributed by atoms with E-state index in [0.29, 0.717) is 29.4 Å². The van der Waals surface area contributed by atoms with Crippen LogP contribution in [-0.4, -0.2) is 70.4 Å². The van der Waals surface area contributed by atoms with Crippen LogP contribution in [0.1, 0.15) is 11.1 Å². The largest absolute Gasteiger partial charge is 0.333 e. The van der Waals surface area contributed by atoms with Gasteiger partial charge in [-0.15, -0.1) is 0 Å². The van der Waals surface area contributed by atoms with Crippen molar-refractivity contribution in [2.75, 3.05) is 20.1 Å². The summed E-state index contributed by atoms with van der Waals surface area (Å²) in [5.41, 5.74) is 1.77. The number of amides is 3. The van der Waals surface area contributed by atoms with Gasteiger partial charge in [0, 0.05) is 20.0 Å². The van der Waals surface area contributed by atoms with Crippen LogP contribution < -0.4 is 0 Å². The highest BCUT2D eigenvalue weighted by atomic mass is 35.5. The van der Waals surface area contributed by atoms with Crippen molar-refractivity contribution in [3.05, 3.63) is 69.7 Å². The third kappa shape index (κ3) is 4.26. The first-order valence-electron chi connectivity index (χ1n) is 9.91. The van der Waals surface area contributed by atoms with Gasteiger partial charge in [-0.25, -0.2) is 5.01 Å². The molecule has 2 aliphatic rings. The number of hydrazine groups is 1. The van der Waals surface area contributed by atoms with Crippen molar-refractivity contribution in [1.82, 2.24) is 19.8 Å². The molecule has 9 heteroatoms. The van der Waals surface area contributed by atoms with Crippen LogP contribution in [0.3, 0.4) is 0 Å². The molecule has 0 bridgehead atoms. The van der Waals surface area contributed by atoms with Crippen molar-refractivity contribution in [3.8, 4) is 0 Å². The number of nitrogens with zero attached hydrogens (tertiary/aromatic N) is 4. The van der Waals surface area contributed by atoms with Gasteiger partial charge in [-0.2, -0.15) is 0 Å². The lowest BCUT2D eigenvalue weighted by Gasteiger charge is -2.53. The minimum absolute atomic E-state index is 0.0423. The second kappa shape index (κ2) is 8.86. The maximum absolute atomic E-state index is 13.5. The number of carbonyl (C=O) groups excluding carboxylic acids is 3. The summed E-state index contributed by atoms with van der Waals surface area (Å²) >= 11 is 12.2. The van der Waals surface area contributed by atoms with E-state index in [0.717, 1.165) is 11.1 Å². The number of hydrogen-bond donors (Lipinski definition) is 0. The number of piperazine rings is 1. The number of rotatable bonds is 5. The van der Waals surface area contributed by atoms with Crippen molar-refractivity contribution in [3.63, 3.8) is 0 Å². The lowest BCUT2D eigenvalue weighted by Crippen LogP contribution is -2.74. The molecule has 0 aromatic heterocycles. The van der Waals surface area contributed by atoms with Gasteiger partial charge in [0.15, 0.2) is 0 Å². The van der Waals surface area contributed by atoms with Gasteiger partial charge < -0.3 is 9.80 Å². The van der Waals surface area contributed by atoms with Crippen molar-refractivity contribution in [2.45, 2.75) is 25.2 Å². The maximum atomic E-state index is 13.5. The molecule has 2 saturated heterocycles. The number of carbonyl (C=O) groups is 3. The summed E-state index contributed by atoms with van der Waals surface area (Å²) in [5.74, 6) is -0.330. The Balaban J connectivity index is 1.68. The molecule has 31 heavy (non-hydrogen) atoms. The third-order valence-electron chi connectivity index (χ3n) is 5.73. The summed E-state index contributed by atoms with van der Waals surface area (Å²) in [6.07, 6.45) is 0.505. The SMILES string of the molecule is CN1CC(=O)N2C(CN(Cc3ccc(Cl)c(Cl)c3)C(=O)[C@@H]2Cc2ccccc2)N1C=O. The highest BCUT2D eigenvalue weighted by molar-refractivity contribution is 6.42. The van der Waals surface area contributed by atoms with E-state index < -0.39 is 12.2 Å². The second-order valence-corrected chi connectivity index (χ2v) is 8.57.